The van der Waals surface area contributed by atoms with Crippen molar-refractivity contribution in [1.82, 2.24) is 14.8 Å². The van der Waals surface area contributed by atoms with Crippen LogP contribution in [0.3, 0.4) is 0 Å². The molecule has 0 aliphatic carbocycles. The fourth-order valence-electron chi connectivity index (χ4n) is 1.21. The van der Waals surface area contributed by atoms with Crippen molar-refractivity contribution in [2.45, 2.75) is 11.6 Å². The molecule has 0 saturated heterocycles. The van der Waals surface area contributed by atoms with Crippen molar-refractivity contribution >= 4 is 11.8 Å². The second-order valence-electron chi connectivity index (χ2n) is 3.06. The summed E-state index contributed by atoms with van der Waals surface area (Å²) in [5, 5.41) is 13.4. The van der Waals surface area contributed by atoms with E-state index in [-0.39, 0.29) is 0 Å². The molecule has 5 heteroatoms. The molecule has 0 radical (unpaired) electrons. The lowest BCUT2D eigenvalue weighted by atomic mass is 10.3. The van der Waals surface area contributed by atoms with Crippen LogP contribution in [0.1, 0.15) is 6.42 Å². The fourth-order valence-corrected chi connectivity index (χ4v) is 1.85. The number of para-hydroxylation sites is 1. The molecule has 1 heterocycles. The van der Waals surface area contributed by atoms with Gasteiger partial charge in [-0.3, -0.25) is 0 Å². The van der Waals surface area contributed by atoms with Gasteiger partial charge >= 0.3 is 0 Å². The average molecular weight is 230 g/mol. The first kappa shape index (κ1) is 10.7. The lowest BCUT2D eigenvalue weighted by molar-refractivity contribution is 0.834. The van der Waals surface area contributed by atoms with E-state index in [0.717, 1.165) is 11.4 Å². The summed E-state index contributed by atoms with van der Waals surface area (Å²) in [7, 11) is 0. The normalized spacial score (nSPS) is 9.94. The highest BCUT2D eigenvalue weighted by Crippen LogP contribution is 2.14. The van der Waals surface area contributed by atoms with E-state index in [1.165, 1.54) is 11.8 Å². The Kier molecular flexibility index (Phi) is 3.57. The summed E-state index contributed by atoms with van der Waals surface area (Å²) in [4.78, 5) is 4.17. The van der Waals surface area contributed by atoms with Gasteiger partial charge in [0.15, 0.2) is 0 Å². The Morgan fingerprint density at radius 3 is 2.88 bits per heavy atom. The van der Waals surface area contributed by atoms with Crippen molar-refractivity contribution in [2.75, 3.05) is 5.75 Å². The third-order valence-corrected chi connectivity index (χ3v) is 2.79. The van der Waals surface area contributed by atoms with Crippen molar-refractivity contribution in [2.24, 2.45) is 0 Å². The molecule has 80 valence electrons. The molecule has 0 unspecified atom stereocenters. The Morgan fingerprint density at radius 2 is 2.12 bits per heavy atom. The summed E-state index contributed by atoms with van der Waals surface area (Å²) < 4.78 is 1.73. The molecule has 0 saturated carbocycles. The van der Waals surface area contributed by atoms with Crippen LogP contribution in [0.2, 0.25) is 0 Å². The predicted molar refractivity (Wildman–Crippen MR) is 62.3 cm³/mol. The van der Waals surface area contributed by atoms with Crippen LogP contribution < -0.4 is 0 Å². The van der Waals surface area contributed by atoms with Crippen LogP contribution in [-0.2, 0) is 0 Å². The van der Waals surface area contributed by atoms with Gasteiger partial charge in [0.2, 0.25) is 5.16 Å². The monoisotopic (exact) mass is 230 g/mol. The first-order valence-corrected chi connectivity index (χ1v) is 5.85. The van der Waals surface area contributed by atoms with Crippen LogP contribution in [-0.4, -0.2) is 20.5 Å². The zero-order valence-electron chi connectivity index (χ0n) is 8.58. The van der Waals surface area contributed by atoms with E-state index in [4.69, 9.17) is 5.26 Å². The van der Waals surface area contributed by atoms with E-state index in [0.29, 0.717) is 11.6 Å². The van der Waals surface area contributed by atoms with E-state index < -0.39 is 0 Å². The Bertz CT molecular complexity index is 486. The third-order valence-electron chi connectivity index (χ3n) is 1.94. The number of nitrogens with zero attached hydrogens (tertiary/aromatic N) is 4. The largest absolute Gasteiger partial charge is 0.220 e. The van der Waals surface area contributed by atoms with Gasteiger partial charge in [-0.2, -0.15) is 5.26 Å². The molecular formula is C11H10N4S. The van der Waals surface area contributed by atoms with Gasteiger partial charge in [-0.15, -0.1) is 5.10 Å². The molecule has 16 heavy (non-hydrogen) atoms. The van der Waals surface area contributed by atoms with Crippen LogP contribution in [0, 0.1) is 11.3 Å². The SMILES string of the molecule is N#CCCSc1ncn(-c2ccccc2)n1. The minimum Gasteiger partial charge on any atom is -0.220 e. The van der Waals surface area contributed by atoms with Crippen LogP contribution >= 0.6 is 11.8 Å². The van der Waals surface area contributed by atoms with Gasteiger partial charge in [-0.25, -0.2) is 9.67 Å². The van der Waals surface area contributed by atoms with E-state index >= 15 is 0 Å². The summed E-state index contributed by atoms with van der Waals surface area (Å²) in [5.74, 6) is 0.731. The third kappa shape index (κ3) is 2.61. The molecule has 0 fully saturated rings. The lowest BCUT2D eigenvalue weighted by Crippen LogP contribution is -1.93. The first-order chi connectivity index (χ1) is 7.90. The summed E-state index contributed by atoms with van der Waals surface area (Å²) >= 11 is 1.49. The Morgan fingerprint density at radius 1 is 1.31 bits per heavy atom. The lowest BCUT2D eigenvalue weighted by Gasteiger charge is -1.97. The first-order valence-electron chi connectivity index (χ1n) is 4.87. The summed E-state index contributed by atoms with van der Waals surface area (Å²) in [6, 6.07) is 11.9. The number of thioether (sulfide) groups is 1. The molecular weight excluding hydrogens is 220 g/mol. The summed E-state index contributed by atoms with van der Waals surface area (Å²) in [6.07, 6.45) is 2.20. The van der Waals surface area contributed by atoms with Crippen LogP contribution in [0.5, 0.6) is 0 Å². The zero-order valence-corrected chi connectivity index (χ0v) is 9.39. The number of benzene rings is 1. The average Bonchev–Trinajstić information content (AvgIpc) is 2.79. The zero-order chi connectivity index (χ0) is 11.2. The van der Waals surface area contributed by atoms with Crippen LogP contribution in [0.4, 0.5) is 0 Å². The number of hydrogen-bond acceptors (Lipinski definition) is 4. The molecule has 0 amide bonds. The van der Waals surface area contributed by atoms with Crippen LogP contribution in [0.25, 0.3) is 5.69 Å². The number of hydrogen-bond donors (Lipinski definition) is 0. The van der Waals surface area contributed by atoms with Crippen molar-refractivity contribution in [3.8, 4) is 11.8 Å². The Balaban J connectivity index is 2.06. The van der Waals surface area contributed by atoms with Crippen molar-refractivity contribution < 1.29 is 0 Å². The van der Waals surface area contributed by atoms with Gasteiger partial charge in [-0.1, -0.05) is 30.0 Å². The number of rotatable bonds is 4. The standard InChI is InChI=1S/C11H10N4S/c12-7-4-8-16-11-13-9-15(14-11)10-5-2-1-3-6-10/h1-3,5-6,9H,4,8H2. The number of aromatic nitrogens is 3. The van der Waals surface area contributed by atoms with Crippen molar-refractivity contribution in [1.29, 1.82) is 5.26 Å². The van der Waals surface area contributed by atoms with Gasteiger partial charge in [0.25, 0.3) is 0 Å². The van der Waals surface area contributed by atoms with Gasteiger partial charge in [0.1, 0.15) is 6.33 Å². The van der Waals surface area contributed by atoms with Crippen molar-refractivity contribution in [3.63, 3.8) is 0 Å². The second-order valence-corrected chi connectivity index (χ2v) is 4.13. The van der Waals surface area contributed by atoms with Gasteiger partial charge in [0.05, 0.1) is 11.8 Å². The minimum atomic E-state index is 0.518. The molecule has 2 aromatic rings. The summed E-state index contributed by atoms with van der Waals surface area (Å²) in [6.45, 7) is 0. The molecule has 4 nitrogen and oxygen atoms in total. The molecule has 0 bridgehead atoms. The van der Waals surface area contributed by atoms with Gasteiger partial charge in [-0.05, 0) is 12.1 Å². The van der Waals surface area contributed by atoms with E-state index in [1.54, 1.807) is 11.0 Å². The summed E-state index contributed by atoms with van der Waals surface area (Å²) in [5.41, 5.74) is 0.988. The van der Waals surface area contributed by atoms with Crippen LogP contribution in [0.15, 0.2) is 41.8 Å². The fraction of sp³-hybridized carbons (Fsp3) is 0.182. The highest BCUT2D eigenvalue weighted by atomic mass is 32.2. The maximum absolute atomic E-state index is 8.42. The maximum Gasteiger partial charge on any atom is 0.208 e. The van der Waals surface area contributed by atoms with Gasteiger partial charge < -0.3 is 0 Å². The smallest absolute Gasteiger partial charge is 0.208 e. The molecule has 0 aliphatic heterocycles. The quantitative estimate of drug-likeness (QED) is 0.597. The van der Waals surface area contributed by atoms with Gasteiger partial charge in [0, 0.05) is 12.2 Å². The van der Waals surface area contributed by atoms with E-state index in [2.05, 4.69) is 16.2 Å². The molecule has 0 spiro atoms. The highest BCUT2D eigenvalue weighted by molar-refractivity contribution is 7.99. The molecule has 1 aromatic carbocycles. The predicted octanol–water partition coefficient (Wildman–Crippen LogP) is 2.27. The minimum absolute atomic E-state index is 0.518. The Labute approximate surface area is 97.9 Å². The molecule has 1 aromatic heterocycles. The van der Waals surface area contributed by atoms with E-state index in [9.17, 15) is 0 Å². The number of nitriles is 1. The Hall–Kier alpha value is -1.80. The van der Waals surface area contributed by atoms with E-state index in [1.807, 2.05) is 30.3 Å². The molecule has 2 rings (SSSR count). The van der Waals surface area contributed by atoms with Crippen molar-refractivity contribution in [3.05, 3.63) is 36.7 Å². The molecule has 0 N–H and O–H groups in total. The molecule has 0 atom stereocenters. The maximum atomic E-state index is 8.42. The molecule has 0 aliphatic rings. The topological polar surface area (TPSA) is 54.5 Å². The highest BCUT2D eigenvalue weighted by Gasteiger charge is 2.02. The second kappa shape index (κ2) is 5.33.